The van der Waals surface area contributed by atoms with Gasteiger partial charge in [-0.3, -0.25) is 0 Å². The van der Waals surface area contributed by atoms with Gasteiger partial charge in [-0.05, 0) is 25.2 Å². The molecule has 3 rings (SSSR count). The van der Waals surface area contributed by atoms with E-state index in [9.17, 15) is 0 Å². The number of rotatable bonds is 4. The number of nitrogens with two attached hydrogens (primary N) is 1. The highest BCUT2D eigenvalue weighted by Gasteiger charge is 2.26. The fourth-order valence-electron chi connectivity index (χ4n) is 3.01. The van der Waals surface area contributed by atoms with Crippen LogP contribution in [-0.4, -0.2) is 29.4 Å². The molecule has 1 aromatic rings. The van der Waals surface area contributed by atoms with Crippen LogP contribution >= 0.6 is 0 Å². The summed E-state index contributed by atoms with van der Waals surface area (Å²) in [6.07, 6.45) is 6.83. The highest BCUT2D eigenvalue weighted by Crippen LogP contribution is 2.28. The predicted molar refractivity (Wildman–Crippen MR) is 66.1 cm³/mol. The number of aromatic nitrogens is 2. The predicted octanol–water partition coefficient (Wildman–Crippen LogP) is 1.63. The maximum absolute atomic E-state index is 6.22. The quantitative estimate of drug-likeness (QED) is 0.880. The Bertz CT molecular complexity index is 381. The number of hydrogen-bond acceptors (Lipinski definition) is 5. The molecule has 5 heteroatoms. The zero-order valence-electron chi connectivity index (χ0n) is 10.7. The van der Waals surface area contributed by atoms with E-state index in [0.29, 0.717) is 30.8 Å². The molecule has 0 bridgehead atoms. The van der Waals surface area contributed by atoms with Gasteiger partial charge in [0.25, 0.3) is 0 Å². The second kappa shape index (κ2) is 5.36. The van der Waals surface area contributed by atoms with Crippen LogP contribution in [0.15, 0.2) is 4.52 Å². The summed E-state index contributed by atoms with van der Waals surface area (Å²) in [4.78, 5) is 4.47. The van der Waals surface area contributed by atoms with Crippen molar-refractivity contribution in [2.45, 2.75) is 50.5 Å². The molecular formula is C13H21N3O2. The lowest BCUT2D eigenvalue weighted by molar-refractivity contribution is 0.192. The lowest BCUT2D eigenvalue weighted by Gasteiger charge is -2.16. The van der Waals surface area contributed by atoms with Gasteiger partial charge in [0.1, 0.15) is 0 Å². The maximum atomic E-state index is 6.22. The second-order valence-corrected chi connectivity index (χ2v) is 5.52. The molecule has 0 radical (unpaired) electrons. The largest absolute Gasteiger partial charge is 0.381 e. The molecule has 0 amide bonds. The molecule has 18 heavy (non-hydrogen) atoms. The van der Waals surface area contributed by atoms with Crippen LogP contribution in [-0.2, 0) is 11.2 Å². The second-order valence-electron chi connectivity index (χ2n) is 5.52. The third-order valence-electron chi connectivity index (χ3n) is 4.19. The van der Waals surface area contributed by atoms with Crippen LogP contribution in [0.2, 0.25) is 0 Å². The summed E-state index contributed by atoms with van der Waals surface area (Å²) in [6, 6.07) is 0.167. The third kappa shape index (κ3) is 2.57. The summed E-state index contributed by atoms with van der Waals surface area (Å²) >= 11 is 0. The van der Waals surface area contributed by atoms with E-state index in [1.54, 1.807) is 0 Å². The van der Waals surface area contributed by atoms with Crippen molar-refractivity contribution in [3.05, 3.63) is 11.7 Å². The summed E-state index contributed by atoms with van der Waals surface area (Å²) in [5.74, 6) is 2.43. The van der Waals surface area contributed by atoms with Crippen LogP contribution in [0.25, 0.3) is 0 Å². The Hall–Kier alpha value is -0.940. The number of ether oxygens (including phenoxy) is 1. The van der Waals surface area contributed by atoms with E-state index in [1.165, 1.54) is 25.7 Å². The summed E-state index contributed by atoms with van der Waals surface area (Å²) in [6.45, 7) is 1.52. The molecule has 1 aromatic heterocycles. The van der Waals surface area contributed by atoms with Gasteiger partial charge in [-0.15, -0.1) is 0 Å². The van der Waals surface area contributed by atoms with E-state index in [-0.39, 0.29) is 6.04 Å². The Morgan fingerprint density at radius 2 is 2.11 bits per heavy atom. The van der Waals surface area contributed by atoms with Crippen molar-refractivity contribution in [2.24, 2.45) is 11.7 Å². The molecule has 100 valence electrons. The Kier molecular flexibility index (Phi) is 3.61. The Morgan fingerprint density at radius 3 is 2.83 bits per heavy atom. The minimum atomic E-state index is 0.167. The lowest BCUT2D eigenvalue weighted by Crippen LogP contribution is -2.30. The zero-order chi connectivity index (χ0) is 12.4. The van der Waals surface area contributed by atoms with Crippen LogP contribution in [0.5, 0.6) is 0 Å². The van der Waals surface area contributed by atoms with Crippen LogP contribution in [0.1, 0.15) is 49.7 Å². The first-order valence-electron chi connectivity index (χ1n) is 6.99. The first-order chi connectivity index (χ1) is 8.83. The van der Waals surface area contributed by atoms with Gasteiger partial charge in [-0.2, -0.15) is 4.98 Å². The fraction of sp³-hybridized carbons (Fsp3) is 0.846. The van der Waals surface area contributed by atoms with Crippen LogP contribution < -0.4 is 5.73 Å². The summed E-state index contributed by atoms with van der Waals surface area (Å²) in [7, 11) is 0. The smallest absolute Gasteiger partial charge is 0.228 e. The first kappa shape index (κ1) is 12.1. The van der Waals surface area contributed by atoms with E-state index in [1.807, 2.05) is 0 Å². The average Bonchev–Trinajstić information content (AvgIpc) is 3.12. The van der Waals surface area contributed by atoms with Gasteiger partial charge < -0.3 is 15.0 Å². The topological polar surface area (TPSA) is 74.2 Å². The number of hydrogen-bond donors (Lipinski definition) is 1. The molecule has 1 aliphatic carbocycles. The van der Waals surface area contributed by atoms with Crippen molar-refractivity contribution in [3.8, 4) is 0 Å². The Morgan fingerprint density at radius 1 is 1.28 bits per heavy atom. The van der Waals surface area contributed by atoms with Crippen LogP contribution in [0.3, 0.4) is 0 Å². The highest BCUT2D eigenvalue weighted by atomic mass is 16.5. The molecule has 5 nitrogen and oxygen atoms in total. The average molecular weight is 251 g/mol. The van der Waals surface area contributed by atoms with Gasteiger partial charge in [0.05, 0.1) is 6.61 Å². The van der Waals surface area contributed by atoms with Crippen molar-refractivity contribution < 1.29 is 9.26 Å². The Labute approximate surface area is 107 Å². The normalized spacial score (nSPS) is 26.8. The van der Waals surface area contributed by atoms with Crippen molar-refractivity contribution in [1.82, 2.24) is 10.1 Å². The molecular weight excluding hydrogens is 230 g/mol. The molecule has 2 fully saturated rings. The van der Waals surface area contributed by atoms with E-state index in [4.69, 9.17) is 15.0 Å². The van der Waals surface area contributed by atoms with Crippen molar-refractivity contribution in [3.63, 3.8) is 0 Å². The zero-order valence-corrected chi connectivity index (χ0v) is 10.7. The molecule has 1 aliphatic heterocycles. The van der Waals surface area contributed by atoms with Gasteiger partial charge >= 0.3 is 0 Å². The van der Waals surface area contributed by atoms with E-state index >= 15 is 0 Å². The molecule has 2 N–H and O–H groups in total. The molecule has 0 aromatic carbocycles. The summed E-state index contributed by atoms with van der Waals surface area (Å²) in [5, 5.41) is 4.06. The van der Waals surface area contributed by atoms with Gasteiger partial charge in [0, 0.05) is 25.0 Å². The van der Waals surface area contributed by atoms with Gasteiger partial charge in [-0.1, -0.05) is 18.0 Å². The van der Waals surface area contributed by atoms with E-state index < -0.39 is 0 Å². The highest BCUT2D eigenvalue weighted by molar-refractivity contribution is 4.99. The van der Waals surface area contributed by atoms with Gasteiger partial charge in [-0.25, -0.2) is 0 Å². The standard InChI is InChI=1S/C13H21N3O2/c14-11(9-3-1-2-4-9)7-12-15-13(16-18-12)10-5-6-17-8-10/h9-11H,1-8,14H2. The minimum absolute atomic E-state index is 0.167. The van der Waals surface area contributed by atoms with Crippen molar-refractivity contribution in [1.29, 1.82) is 0 Å². The monoisotopic (exact) mass is 251 g/mol. The van der Waals surface area contributed by atoms with Crippen molar-refractivity contribution in [2.75, 3.05) is 13.2 Å². The minimum Gasteiger partial charge on any atom is -0.381 e. The van der Waals surface area contributed by atoms with Gasteiger partial charge in [0.15, 0.2) is 5.82 Å². The molecule has 2 atom stereocenters. The SMILES string of the molecule is NC(Cc1nc(C2CCOC2)no1)C1CCCC1. The van der Waals surface area contributed by atoms with E-state index in [0.717, 1.165) is 18.9 Å². The summed E-state index contributed by atoms with van der Waals surface area (Å²) in [5.41, 5.74) is 6.22. The fourth-order valence-corrected chi connectivity index (χ4v) is 3.01. The molecule has 2 unspecified atom stereocenters. The lowest BCUT2D eigenvalue weighted by atomic mass is 9.96. The molecule has 2 heterocycles. The molecule has 1 saturated heterocycles. The van der Waals surface area contributed by atoms with Crippen molar-refractivity contribution >= 4 is 0 Å². The maximum Gasteiger partial charge on any atom is 0.228 e. The summed E-state index contributed by atoms with van der Waals surface area (Å²) < 4.78 is 10.6. The Balaban J connectivity index is 1.58. The van der Waals surface area contributed by atoms with Gasteiger partial charge in [0.2, 0.25) is 5.89 Å². The molecule has 0 spiro atoms. The third-order valence-corrected chi connectivity index (χ3v) is 4.19. The number of nitrogens with zero attached hydrogens (tertiary/aromatic N) is 2. The first-order valence-corrected chi connectivity index (χ1v) is 6.99. The van der Waals surface area contributed by atoms with E-state index in [2.05, 4.69) is 10.1 Å². The molecule has 2 aliphatic rings. The van der Waals surface area contributed by atoms with Crippen LogP contribution in [0, 0.1) is 5.92 Å². The molecule has 1 saturated carbocycles. The van der Waals surface area contributed by atoms with Crippen LogP contribution in [0.4, 0.5) is 0 Å².